The lowest BCUT2D eigenvalue weighted by Gasteiger charge is -1.92. The highest BCUT2D eigenvalue weighted by molar-refractivity contribution is 5.73. The van der Waals surface area contributed by atoms with Crippen molar-refractivity contribution in [3.05, 3.63) is 70.4 Å². The van der Waals surface area contributed by atoms with Crippen LogP contribution in [0.2, 0.25) is 0 Å². The van der Waals surface area contributed by atoms with Crippen molar-refractivity contribution in [2.75, 3.05) is 0 Å². The van der Waals surface area contributed by atoms with Crippen LogP contribution in [0.4, 0.5) is 0 Å². The first-order chi connectivity index (χ1) is 9.20. The van der Waals surface area contributed by atoms with Crippen molar-refractivity contribution in [3.63, 3.8) is 0 Å². The quantitative estimate of drug-likeness (QED) is 0.745. The molecule has 0 atom stereocenters. The number of aromatic amines is 1. The molecule has 94 valence electrons. The fourth-order valence-corrected chi connectivity index (χ4v) is 1.80. The van der Waals surface area contributed by atoms with Gasteiger partial charge in [-0.25, -0.2) is 0 Å². The summed E-state index contributed by atoms with van der Waals surface area (Å²) in [7, 11) is 0. The molecule has 1 heteroatoms. The third-order valence-corrected chi connectivity index (χ3v) is 2.85. The Balaban J connectivity index is 2.48. The Labute approximate surface area is 114 Å². The molecule has 2 rings (SSSR count). The summed E-state index contributed by atoms with van der Waals surface area (Å²) in [6, 6.07) is 10.2. The topological polar surface area (TPSA) is 15.8 Å². The maximum Gasteiger partial charge on any atom is 0.0393 e. The third-order valence-electron chi connectivity index (χ3n) is 2.85. The van der Waals surface area contributed by atoms with Gasteiger partial charge in [0, 0.05) is 27.9 Å². The number of benzene rings is 1. The molecule has 0 fully saturated rings. The van der Waals surface area contributed by atoms with Gasteiger partial charge in [0.05, 0.1) is 0 Å². The zero-order valence-electron chi connectivity index (χ0n) is 11.3. The number of rotatable bonds is 1. The van der Waals surface area contributed by atoms with Gasteiger partial charge in [0.15, 0.2) is 0 Å². The Bertz CT molecular complexity index is 747. The minimum atomic E-state index is 0.895. The number of hydrogen-bond donors (Lipinski definition) is 1. The second-order valence-corrected chi connectivity index (χ2v) is 4.40. The summed E-state index contributed by atoms with van der Waals surface area (Å²) in [5.41, 5.74) is 3.25. The summed E-state index contributed by atoms with van der Waals surface area (Å²) in [6.07, 6.45) is 5.89. The van der Waals surface area contributed by atoms with E-state index in [4.69, 9.17) is 0 Å². The molecule has 0 aliphatic rings. The molecule has 1 aromatic carbocycles. The van der Waals surface area contributed by atoms with Crippen molar-refractivity contribution in [1.82, 2.24) is 4.98 Å². The third kappa shape index (κ3) is 3.26. The lowest BCUT2D eigenvalue weighted by atomic mass is 10.1. The van der Waals surface area contributed by atoms with E-state index in [1.165, 1.54) is 5.56 Å². The highest BCUT2D eigenvalue weighted by Crippen LogP contribution is 2.02. The van der Waals surface area contributed by atoms with E-state index in [9.17, 15) is 0 Å². The minimum absolute atomic E-state index is 0.895. The highest BCUT2D eigenvalue weighted by atomic mass is 14.6. The molecule has 0 radical (unpaired) electrons. The van der Waals surface area contributed by atoms with E-state index in [0.717, 1.165) is 21.7 Å². The molecular weight excluding hydrogens is 230 g/mol. The molecule has 0 aliphatic carbocycles. The smallest absolute Gasteiger partial charge is 0.0393 e. The number of hydrogen-bond acceptors (Lipinski definition) is 0. The summed E-state index contributed by atoms with van der Waals surface area (Å²) in [5.74, 6) is 6.41. The first-order valence-electron chi connectivity index (χ1n) is 6.28. The van der Waals surface area contributed by atoms with Crippen LogP contribution in [0.3, 0.4) is 0 Å². The van der Waals surface area contributed by atoms with Crippen molar-refractivity contribution in [2.24, 2.45) is 0 Å². The van der Waals surface area contributed by atoms with Crippen molar-refractivity contribution < 1.29 is 0 Å². The predicted octanol–water partition coefficient (Wildman–Crippen LogP) is 2.51. The largest absolute Gasteiger partial charge is 0.362 e. The monoisotopic (exact) mass is 247 g/mol. The normalized spacial score (nSPS) is 12.1. The Morgan fingerprint density at radius 2 is 1.95 bits per heavy atom. The Morgan fingerprint density at radius 1 is 1.21 bits per heavy atom. The van der Waals surface area contributed by atoms with Crippen LogP contribution >= 0.6 is 0 Å². The highest BCUT2D eigenvalue weighted by Gasteiger charge is 1.92. The molecule has 0 spiro atoms. The van der Waals surface area contributed by atoms with Gasteiger partial charge in [-0.05, 0) is 32.0 Å². The summed E-state index contributed by atoms with van der Waals surface area (Å²) in [5, 5.41) is 1.95. The van der Waals surface area contributed by atoms with Crippen molar-refractivity contribution >= 4 is 12.2 Å². The fourth-order valence-electron chi connectivity index (χ4n) is 1.80. The molecule has 1 N–H and O–H groups in total. The SMILES string of the molecule is C=c1[nH]cc/c1=C(C#Cc1ccc(C)cc1)/C=C\C. The average Bonchev–Trinajstić information content (AvgIpc) is 2.83. The van der Waals surface area contributed by atoms with E-state index in [1.54, 1.807) is 0 Å². The van der Waals surface area contributed by atoms with Crippen LogP contribution in [0.5, 0.6) is 0 Å². The van der Waals surface area contributed by atoms with Gasteiger partial charge in [0.1, 0.15) is 0 Å². The van der Waals surface area contributed by atoms with Gasteiger partial charge in [-0.3, -0.25) is 0 Å². The van der Waals surface area contributed by atoms with Crippen molar-refractivity contribution in [2.45, 2.75) is 13.8 Å². The summed E-state index contributed by atoms with van der Waals surface area (Å²) in [6.45, 7) is 8.03. The Kier molecular flexibility index (Phi) is 4.05. The van der Waals surface area contributed by atoms with Gasteiger partial charge < -0.3 is 4.98 Å². The molecule has 1 heterocycles. The van der Waals surface area contributed by atoms with Crippen LogP contribution in [0, 0.1) is 18.8 Å². The summed E-state index contributed by atoms with van der Waals surface area (Å²) >= 11 is 0. The zero-order chi connectivity index (χ0) is 13.7. The number of aryl methyl sites for hydroxylation is 1. The van der Waals surface area contributed by atoms with Gasteiger partial charge in [-0.15, -0.1) is 0 Å². The van der Waals surface area contributed by atoms with Crippen LogP contribution in [0.25, 0.3) is 12.2 Å². The van der Waals surface area contributed by atoms with E-state index in [2.05, 4.69) is 42.5 Å². The van der Waals surface area contributed by atoms with Gasteiger partial charge in [-0.2, -0.15) is 0 Å². The van der Waals surface area contributed by atoms with E-state index < -0.39 is 0 Å². The standard InChI is InChI=1S/C18H17N/c1-4-5-17(18-12-13-19-15(18)3)11-10-16-8-6-14(2)7-9-16/h4-9,12-13,19H,3H2,1-2H3/b5-4-,18-17+. The van der Waals surface area contributed by atoms with Gasteiger partial charge in [-0.1, -0.05) is 48.3 Å². The Morgan fingerprint density at radius 3 is 2.53 bits per heavy atom. The molecule has 1 aromatic heterocycles. The van der Waals surface area contributed by atoms with Crippen molar-refractivity contribution in [3.8, 4) is 11.8 Å². The van der Waals surface area contributed by atoms with E-state index in [1.807, 2.05) is 43.5 Å². The Hall–Kier alpha value is -2.46. The first-order valence-corrected chi connectivity index (χ1v) is 6.28. The van der Waals surface area contributed by atoms with Gasteiger partial charge >= 0.3 is 0 Å². The summed E-state index contributed by atoms with van der Waals surface area (Å²) < 4.78 is 0. The molecule has 0 aliphatic heterocycles. The van der Waals surface area contributed by atoms with Gasteiger partial charge in [0.2, 0.25) is 0 Å². The molecule has 0 saturated carbocycles. The molecule has 19 heavy (non-hydrogen) atoms. The number of nitrogens with one attached hydrogen (secondary N) is 1. The lowest BCUT2D eigenvalue weighted by Crippen LogP contribution is -2.22. The van der Waals surface area contributed by atoms with E-state index in [-0.39, 0.29) is 0 Å². The second kappa shape index (κ2) is 5.93. The van der Waals surface area contributed by atoms with E-state index >= 15 is 0 Å². The molecule has 0 amide bonds. The fraction of sp³-hybridized carbons (Fsp3) is 0.111. The second-order valence-electron chi connectivity index (χ2n) is 4.40. The number of aromatic nitrogens is 1. The van der Waals surface area contributed by atoms with Crippen LogP contribution in [0.15, 0.2) is 48.7 Å². The summed E-state index contributed by atoms with van der Waals surface area (Å²) in [4.78, 5) is 3.08. The maximum absolute atomic E-state index is 3.97. The predicted molar refractivity (Wildman–Crippen MR) is 81.8 cm³/mol. The van der Waals surface area contributed by atoms with Crippen molar-refractivity contribution in [1.29, 1.82) is 0 Å². The number of H-pyrrole nitrogens is 1. The molecular formula is C18H17N. The zero-order valence-corrected chi connectivity index (χ0v) is 11.3. The van der Waals surface area contributed by atoms with Crippen LogP contribution < -0.4 is 10.6 Å². The molecule has 0 saturated heterocycles. The average molecular weight is 247 g/mol. The van der Waals surface area contributed by atoms with Crippen LogP contribution in [0.1, 0.15) is 18.1 Å². The molecule has 2 aromatic rings. The minimum Gasteiger partial charge on any atom is -0.362 e. The molecule has 0 unspecified atom stereocenters. The number of allylic oxidation sites excluding steroid dienone is 2. The van der Waals surface area contributed by atoms with Gasteiger partial charge in [0.25, 0.3) is 0 Å². The lowest BCUT2D eigenvalue weighted by molar-refractivity contribution is 1.32. The maximum atomic E-state index is 3.97. The first kappa shape index (κ1) is 13.0. The molecule has 1 nitrogen and oxygen atoms in total. The van der Waals surface area contributed by atoms with Crippen LogP contribution in [-0.4, -0.2) is 4.98 Å². The van der Waals surface area contributed by atoms with E-state index in [0.29, 0.717) is 0 Å². The molecule has 0 bridgehead atoms. The van der Waals surface area contributed by atoms with Crippen LogP contribution in [-0.2, 0) is 0 Å².